The van der Waals surface area contributed by atoms with Gasteiger partial charge in [0, 0.05) is 5.56 Å². The number of phenols is 1. The first kappa shape index (κ1) is 28.6. The van der Waals surface area contributed by atoms with Crippen molar-refractivity contribution in [3.63, 3.8) is 0 Å². The summed E-state index contributed by atoms with van der Waals surface area (Å²) in [6, 6.07) is 9.91. The van der Waals surface area contributed by atoms with Crippen LogP contribution in [0.2, 0.25) is 0 Å². The van der Waals surface area contributed by atoms with Gasteiger partial charge >= 0.3 is 11.9 Å². The molecule has 2 aromatic carbocycles. The van der Waals surface area contributed by atoms with Crippen LogP contribution in [0.25, 0.3) is 5.76 Å². The molecule has 1 saturated heterocycles. The molecule has 11 heteroatoms. The molecule has 2 heterocycles. The molecule has 4 rings (SSSR count). The van der Waals surface area contributed by atoms with Crippen molar-refractivity contribution in [2.75, 3.05) is 25.2 Å². The van der Waals surface area contributed by atoms with Crippen molar-refractivity contribution in [1.82, 2.24) is 4.98 Å². The summed E-state index contributed by atoms with van der Waals surface area (Å²) in [4.78, 5) is 45.0. The number of aromatic nitrogens is 1. The van der Waals surface area contributed by atoms with Gasteiger partial charge < -0.3 is 24.4 Å². The molecule has 0 spiro atoms. The Kier molecular flexibility index (Phi) is 8.73. The lowest BCUT2D eigenvalue weighted by molar-refractivity contribution is -0.132. The van der Waals surface area contributed by atoms with E-state index in [9.17, 15) is 24.6 Å². The van der Waals surface area contributed by atoms with Crippen LogP contribution in [0.5, 0.6) is 17.2 Å². The van der Waals surface area contributed by atoms with Gasteiger partial charge in [0.05, 0.1) is 37.6 Å². The molecule has 1 fully saturated rings. The number of Topliss-reactive ketones (excluding diaryl/α,β-unsaturated/α-hetero) is 1. The number of unbranched alkanes of at least 4 members (excludes halogenated alkanes) is 1. The van der Waals surface area contributed by atoms with Crippen LogP contribution in [0.1, 0.15) is 59.2 Å². The van der Waals surface area contributed by atoms with Gasteiger partial charge in [-0.2, -0.15) is 0 Å². The normalized spacial score (nSPS) is 16.3. The second-order valence-corrected chi connectivity index (χ2v) is 9.94. The largest absolute Gasteiger partial charge is 0.507 e. The lowest BCUT2D eigenvalue weighted by Crippen LogP contribution is -2.29. The predicted molar refractivity (Wildman–Crippen MR) is 149 cm³/mol. The second kappa shape index (κ2) is 12.2. The summed E-state index contributed by atoms with van der Waals surface area (Å²) in [5, 5.41) is 21.8. The molecule has 0 bridgehead atoms. The Morgan fingerprint density at radius 3 is 2.60 bits per heavy atom. The van der Waals surface area contributed by atoms with Crippen LogP contribution in [0.4, 0.5) is 5.13 Å². The van der Waals surface area contributed by atoms with E-state index < -0.39 is 29.5 Å². The van der Waals surface area contributed by atoms with E-state index >= 15 is 0 Å². The number of amides is 1. The molecule has 2 N–H and O–H groups in total. The quantitative estimate of drug-likeness (QED) is 0.112. The van der Waals surface area contributed by atoms with Crippen molar-refractivity contribution in [3.05, 3.63) is 69.7 Å². The molecule has 1 aromatic heterocycles. The number of rotatable bonds is 10. The number of thiazole rings is 1. The number of ether oxygens (including phenoxy) is 3. The maximum absolute atomic E-state index is 13.5. The number of aliphatic hydroxyl groups is 1. The van der Waals surface area contributed by atoms with Crippen LogP contribution in [0, 0.1) is 6.92 Å². The summed E-state index contributed by atoms with van der Waals surface area (Å²) < 4.78 is 16.1. The Labute approximate surface area is 235 Å². The molecule has 0 radical (unpaired) electrons. The highest BCUT2D eigenvalue weighted by atomic mass is 32.1. The molecule has 1 atom stereocenters. The summed E-state index contributed by atoms with van der Waals surface area (Å²) in [5.74, 6) is -2.38. The number of ketones is 1. The number of aromatic hydroxyl groups is 1. The van der Waals surface area contributed by atoms with Crippen LogP contribution < -0.4 is 14.4 Å². The summed E-state index contributed by atoms with van der Waals surface area (Å²) in [6.07, 6.45) is 1.80. The van der Waals surface area contributed by atoms with Crippen molar-refractivity contribution < 1.29 is 38.8 Å². The van der Waals surface area contributed by atoms with Crippen LogP contribution in [-0.4, -0.2) is 53.2 Å². The van der Waals surface area contributed by atoms with Crippen LogP contribution in [0.3, 0.4) is 0 Å². The number of methoxy groups -OCH3 is 1. The Morgan fingerprint density at radius 1 is 1.12 bits per heavy atom. The first-order chi connectivity index (χ1) is 19.2. The SMILES string of the molecule is CCCCOc1cccc(C(O)=C2C(=O)C(=O)N(c3nc(C)c(C(=O)OC)s3)C2c2ccc(O)c(OCC)c2)c1. The Hall–Kier alpha value is -4.38. The van der Waals surface area contributed by atoms with E-state index in [1.165, 1.54) is 25.3 Å². The smallest absolute Gasteiger partial charge is 0.350 e. The third-order valence-electron chi connectivity index (χ3n) is 6.28. The topological polar surface area (TPSA) is 135 Å². The maximum Gasteiger partial charge on any atom is 0.350 e. The molecule has 0 saturated carbocycles. The van der Waals surface area contributed by atoms with E-state index in [1.807, 2.05) is 6.92 Å². The third kappa shape index (κ3) is 5.50. The van der Waals surface area contributed by atoms with Crippen molar-refractivity contribution >= 4 is 39.9 Å². The summed E-state index contributed by atoms with van der Waals surface area (Å²) in [6.45, 7) is 6.14. The van der Waals surface area contributed by atoms with Gasteiger partial charge in [0.2, 0.25) is 0 Å². The summed E-state index contributed by atoms with van der Waals surface area (Å²) in [5.41, 5.74) is 0.803. The highest BCUT2D eigenvalue weighted by molar-refractivity contribution is 7.17. The average Bonchev–Trinajstić information content (AvgIpc) is 3.46. The molecule has 1 aliphatic heterocycles. The van der Waals surface area contributed by atoms with Crippen molar-refractivity contribution in [2.24, 2.45) is 0 Å². The number of aryl methyl sites for hydroxylation is 1. The number of phenolic OH excluding ortho intramolecular Hbond substituents is 1. The fourth-order valence-electron chi connectivity index (χ4n) is 4.31. The van der Waals surface area contributed by atoms with Crippen molar-refractivity contribution in [3.8, 4) is 17.2 Å². The Balaban J connectivity index is 1.90. The zero-order valence-electron chi connectivity index (χ0n) is 22.6. The van der Waals surface area contributed by atoms with Gasteiger partial charge in [-0.1, -0.05) is 42.9 Å². The standard InChI is InChI=1S/C29H30N2O8S/c1-5-7-13-39-19-10-8-9-18(14-19)24(33)22-23(17-11-12-20(32)21(15-17)38-6-2)31(27(35)25(22)34)29-30-16(3)26(40-29)28(36)37-4/h8-12,14-15,23,32-33H,5-7,13H2,1-4H3. The lowest BCUT2D eigenvalue weighted by Gasteiger charge is -2.23. The van der Waals surface area contributed by atoms with Crippen molar-refractivity contribution in [1.29, 1.82) is 0 Å². The fraction of sp³-hybridized carbons (Fsp3) is 0.310. The summed E-state index contributed by atoms with van der Waals surface area (Å²) in [7, 11) is 1.24. The minimum Gasteiger partial charge on any atom is -0.507 e. The monoisotopic (exact) mass is 566 g/mol. The molecule has 40 heavy (non-hydrogen) atoms. The molecule has 10 nitrogen and oxygen atoms in total. The van der Waals surface area contributed by atoms with Crippen LogP contribution in [-0.2, 0) is 14.3 Å². The van der Waals surface area contributed by atoms with E-state index in [-0.39, 0.29) is 39.3 Å². The Bertz CT molecular complexity index is 1480. The molecule has 1 unspecified atom stereocenters. The van der Waals surface area contributed by atoms with Gasteiger partial charge in [0.25, 0.3) is 5.78 Å². The number of hydrogen-bond donors (Lipinski definition) is 2. The van der Waals surface area contributed by atoms with E-state index in [0.717, 1.165) is 29.1 Å². The van der Waals surface area contributed by atoms with E-state index in [4.69, 9.17) is 14.2 Å². The second-order valence-electron chi connectivity index (χ2n) is 8.96. The first-order valence-corrected chi connectivity index (χ1v) is 13.6. The Morgan fingerprint density at radius 2 is 1.90 bits per heavy atom. The molecule has 1 amide bonds. The van der Waals surface area contributed by atoms with E-state index in [2.05, 4.69) is 4.98 Å². The molecule has 0 aliphatic carbocycles. The molecule has 210 valence electrons. The van der Waals surface area contributed by atoms with Gasteiger partial charge in [-0.3, -0.25) is 14.5 Å². The van der Waals surface area contributed by atoms with Gasteiger partial charge in [-0.15, -0.1) is 0 Å². The number of aliphatic hydroxyl groups excluding tert-OH is 1. The maximum atomic E-state index is 13.5. The van der Waals surface area contributed by atoms with Crippen LogP contribution >= 0.6 is 11.3 Å². The van der Waals surface area contributed by atoms with Gasteiger partial charge in [0.1, 0.15) is 16.4 Å². The minimum atomic E-state index is -1.14. The number of carbonyl (C=O) groups excluding carboxylic acids is 3. The predicted octanol–water partition coefficient (Wildman–Crippen LogP) is 5.15. The molecule has 1 aliphatic rings. The molecule has 3 aromatic rings. The zero-order valence-corrected chi connectivity index (χ0v) is 23.4. The fourth-order valence-corrected chi connectivity index (χ4v) is 5.32. The third-order valence-corrected chi connectivity index (χ3v) is 7.42. The number of carbonyl (C=O) groups is 3. The van der Waals surface area contributed by atoms with Crippen LogP contribution in [0.15, 0.2) is 48.0 Å². The number of benzene rings is 2. The highest BCUT2D eigenvalue weighted by Gasteiger charge is 2.48. The van der Waals surface area contributed by atoms with Gasteiger partial charge in [-0.25, -0.2) is 9.78 Å². The minimum absolute atomic E-state index is 0.0757. The van der Waals surface area contributed by atoms with Gasteiger partial charge in [-0.05, 0) is 50.1 Å². The summed E-state index contributed by atoms with van der Waals surface area (Å²) >= 11 is 0.897. The number of hydrogen-bond acceptors (Lipinski definition) is 10. The lowest BCUT2D eigenvalue weighted by atomic mass is 9.95. The first-order valence-electron chi connectivity index (χ1n) is 12.8. The highest BCUT2D eigenvalue weighted by Crippen LogP contribution is 2.45. The molecular formula is C29H30N2O8S. The molecular weight excluding hydrogens is 536 g/mol. The number of esters is 1. The number of nitrogens with zero attached hydrogens (tertiary/aromatic N) is 2. The average molecular weight is 567 g/mol. The van der Waals surface area contributed by atoms with Gasteiger partial charge in [0.15, 0.2) is 16.6 Å². The van der Waals surface area contributed by atoms with Crippen molar-refractivity contribution in [2.45, 2.75) is 39.7 Å². The van der Waals surface area contributed by atoms with E-state index in [1.54, 1.807) is 38.1 Å². The van der Waals surface area contributed by atoms with E-state index in [0.29, 0.717) is 23.6 Å². The number of anilines is 1. The zero-order chi connectivity index (χ0) is 29.0.